The number of sulfonamides is 1. The number of anilines is 2. The Morgan fingerprint density at radius 3 is 2.38 bits per heavy atom. The van der Waals surface area contributed by atoms with Gasteiger partial charge in [0.15, 0.2) is 0 Å². The predicted octanol–water partition coefficient (Wildman–Crippen LogP) is 0.254. The number of likely N-dealkylation sites (N-methyl/N-ethyl adjacent to an activating group) is 1. The van der Waals surface area contributed by atoms with Crippen LogP contribution in [0.4, 0.5) is 11.4 Å². The van der Waals surface area contributed by atoms with Crippen molar-refractivity contribution in [2.75, 3.05) is 37.0 Å². The highest BCUT2D eigenvalue weighted by Crippen LogP contribution is 2.13. The molecular formula is C10H17N3O2S. The van der Waals surface area contributed by atoms with E-state index < -0.39 is 10.0 Å². The summed E-state index contributed by atoms with van der Waals surface area (Å²) in [5.41, 5.74) is 7.29. The number of nitrogens with zero attached hydrogens (tertiary/aromatic N) is 1. The van der Waals surface area contributed by atoms with Gasteiger partial charge in [0.1, 0.15) is 0 Å². The number of hydrogen-bond donors (Lipinski definition) is 2. The minimum absolute atomic E-state index is 0.389. The van der Waals surface area contributed by atoms with Crippen LogP contribution in [0.5, 0.6) is 0 Å². The van der Waals surface area contributed by atoms with Crippen LogP contribution in [0.3, 0.4) is 0 Å². The highest BCUT2D eigenvalue weighted by molar-refractivity contribution is 7.88. The molecule has 5 nitrogen and oxygen atoms in total. The Bertz CT molecular complexity index is 428. The summed E-state index contributed by atoms with van der Waals surface area (Å²) in [5, 5.41) is 0. The quantitative estimate of drug-likeness (QED) is 0.727. The van der Waals surface area contributed by atoms with Crippen LogP contribution in [0.15, 0.2) is 24.3 Å². The summed E-state index contributed by atoms with van der Waals surface area (Å²) < 4.78 is 24.1. The van der Waals surface area contributed by atoms with E-state index in [1.807, 2.05) is 36.2 Å². The standard InChI is InChI=1S/C10H17N3O2S/c1-13(8-7-12-16(2,14)15)10-5-3-9(11)4-6-10/h3-6,12H,7-8,11H2,1-2H3. The van der Waals surface area contributed by atoms with Crippen LogP contribution >= 0.6 is 0 Å². The average molecular weight is 243 g/mol. The van der Waals surface area contributed by atoms with E-state index in [-0.39, 0.29) is 0 Å². The van der Waals surface area contributed by atoms with Gasteiger partial charge in [-0.25, -0.2) is 13.1 Å². The molecule has 0 aromatic heterocycles. The van der Waals surface area contributed by atoms with Gasteiger partial charge >= 0.3 is 0 Å². The van der Waals surface area contributed by atoms with E-state index in [4.69, 9.17) is 5.73 Å². The van der Waals surface area contributed by atoms with E-state index in [0.29, 0.717) is 18.8 Å². The summed E-state index contributed by atoms with van der Waals surface area (Å²) in [4.78, 5) is 1.96. The molecule has 1 aromatic carbocycles. The Morgan fingerprint density at radius 1 is 1.31 bits per heavy atom. The molecule has 3 N–H and O–H groups in total. The maximum Gasteiger partial charge on any atom is 0.208 e. The largest absolute Gasteiger partial charge is 0.399 e. The summed E-state index contributed by atoms with van der Waals surface area (Å²) in [6.45, 7) is 0.997. The fourth-order valence-corrected chi connectivity index (χ4v) is 1.72. The number of benzene rings is 1. The molecule has 0 bridgehead atoms. The highest BCUT2D eigenvalue weighted by atomic mass is 32.2. The first kappa shape index (κ1) is 12.8. The molecule has 1 aromatic rings. The van der Waals surface area contributed by atoms with Crippen molar-refractivity contribution in [3.63, 3.8) is 0 Å². The number of nitrogen functional groups attached to an aromatic ring is 1. The summed E-state index contributed by atoms with van der Waals surface area (Å²) in [5.74, 6) is 0. The normalized spacial score (nSPS) is 11.4. The Labute approximate surface area is 96.3 Å². The molecule has 0 heterocycles. The van der Waals surface area contributed by atoms with Crippen LogP contribution in [-0.4, -0.2) is 34.8 Å². The van der Waals surface area contributed by atoms with E-state index in [9.17, 15) is 8.42 Å². The third-order valence-corrected chi connectivity index (χ3v) is 2.87. The lowest BCUT2D eigenvalue weighted by atomic mass is 10.2. The van der Waals surface area contributed by atoms with E-state index in [2.05, 4.69) is 4.72 Å². The lowest BCUT2D eigenvalue weighted by Gasteiger charge is -2.19. The fourth-order valence-electron chi connectivity index (χ4n) is 1.26. The molecule has 90 valence electrons. The lowest BCUT2D eigenvalue weighted by Crippen LogP contribution is -2.32. The Hall–Kier alpha value is -1.27. The number of rotatable bonds is 5. The van der Waals surface area contributed by atoms with Crippen molar-refractivity contribution in [2.45, 2.75) is 0 Å². The van der Waals surface area contributed by atoms with E-state index in [1.54, 1.807) is 0 Å². The van der Waals surface area contributed by atoms with Crippen molar-refractivity contribution in [3.05, 3.63) is 24.3 Å². The molecule has 0 amide bonds. The molecule has 0 aliphatic carbocycles. The molecule has 0 saturated carbocycles. The molecule has 0 aliphatic heterocycles. The van der Waals surface area contributed by atoms with Gasteiger partial charge in [0.2, 0.25) is 10.0 Å². The van der Waals surface area contributed by atoms with Gasteiger partial charge in [0, 0.05) is 31.5 Å². The number of nitrogens with one attached hydrogen (secondary N) is 1. The first-order valence-corrected chi connectivity index (χ1v) is 6.79. The fraction of sp³-hybridized carbons (Fsp3) is 0.400. The van der Waals surface area contributed by atoms with Gasteiger partial charge in [0.05, 0.1) is 6.26 Å². The van der Waals surface area contributed by atoms with E-state index >= 15 is 0 Å². The molecule has 0 atom stereocenters. The summed E-state index contributed by atoms with van der Waals surface area (Å²) in [7, 11) is -1.21. The second-order valence-electron chi connectivity index (χ2n) is 3.68. The third kappa shape index (κ3) is 4.50. The van der Waals surface area contributed by atoms with Gasteiger partial charge < -0.3 is 10.6 Å². The van der Waals surface area contributed by atoms with Gasteiger partial charge in [-0.2, -0.15) is 0 Å². The van der Waals surface area contributed by atoms with Crippen LogP contribution in [0.25, 0.3) is 0 Å². The zero-order chi connectivity index (χ0) is 12.2. The first-order valence-electron chi connectivity index (χ1n) is 4.90. The molecule has 0 unspecified atom stereocenters. The Morgan fingerprint density at radius 2 is 1.88 bits per heavy atom. The molecule has 1 rings (SSSR count). The van der Waals surface area contributed by atoms with Crippen molar-refractivity contribution in [1.29, 1.82) is 0 Å². The molecule has 0 radical (unpaired) electrons. The molecule has 0 saturated heterocycles. The van der Waals surface area contributed by atoms with Gasteiger partial charge in [-0.05, 0) is 24.3 Å². The number of hydrogen-bond acceptors (Lipinski definition) is 4. The van der Waals surface area contributed by atoms with Gasteiger partial charge in [-0.3, -0.25) is 0 Å². The second-order valence-corrected chi connectivity index (χ2v) is 5.51. The van der Waals surface area contributed by atoms with E-state index in [1.165, 1.54) is 0 Å². The van der Waals surface area contributed by atoms with Crippen molar-refractivity contribution in [2.24, 2.45) is 0 Å². The van der Waals surface area contributed by atoms with Crippen molar-refractivity contribution >= 4 is 21.4 Å². The summed E-state index contributed by atoms with van der Waals surface area (Å²) in [6, 6.07) is 7.43. The summed E-state index contributed by atoms with van der Waals surface area (Å²) in [6.07, 6.45) is 1.15. The first-order chi connectivity index (χ1) is 7.38. The van der Waals surface area contributed by atoms with Crippen molar-refractivity contribution in [3.8, 4) is 0 Å². The molecule has 0 spiro atoms. The summed E-state index contributed by atoms with van der Waals surface area (Å²) >= 11 is 0. The van der Waals surface area contributed by atoms with Crippen LogP contribution < -0.4 is 15.4 Å². The maximum atomic E-state index is 10.8. The van der Waals surface area contributed by atoms with Crippen LogP contribution in [0, 0.1) is 0 Å². The SMILES string of the molecule is CN(CCNS(C)(=O)=O)c1ccc(N)cc1. The number of nitrogens with two attached hydrogens (primary N) is 1. The smallest absolute Gasteiger partial charge is 0.208 e. The monoisotopic (exact) mass is 243 g/mol. The zero-order valence-corrected chi connectivity index (χ0v) is 10.3. The molecule has 0 aliphatic rings. The van der Waals surface area contributed by atoms with Crippen LogP contribution in [0.2, 0.25) is 0 Å². The lowest BCUT2D eigenvalue weighted by molar-refractivity contribution is 0.588. The molecule has 16 heavy (non-hydrogen) atoms. The molecule has 6 heteroatoms. The van der Waals surface area contributed by atoms with Gasteiger partial charge in [-0.1, -0.05) is 0 Å². The zero-order valence-electron chi connectivity index (χ0n) is 9.47. The predicted molar refractivity (Wildman–Crippen MR) is 67.0 cm³/mol. The maximum absolute atomic E-state index is 10.8. The third-order valence-electron chi connectivity index (χ3n) is 2.15. The molecular weight excluding hydrogens is 226 g/mol. The average Bonchev–Trinajstić information content (AvgIpc) is 2.16. The van der Waals surface area contributed by atoms with Crippen LogP contribution in [0.1, 0.15) is 0 Å². The van der Waals surface area contributed by atoms with E-state index in [0.717, 1.165) is 11.9 Å². The van der Waals surface area contributed by atoms with Crippen molar-refractivity contribution in [1.82, 2.24) is 4.72 Å². The Balaban J connectivity index is 2.47. The van der Waals surface area contributed by atoms with Crippen LogP contribution in [-0.2, 0) is 10.0 Å². The van der Waals surface area contributed by atoms with Gasteiger partial charge in [0.25, 0.3) is 0 Å². The molecule has 0 fully saturated rings. The highest BCUT2D eigenvalue weighted by Gasteiger charge is 2.03. The van der Waals surface area contributed by atoms with Gasteiger partial charge in [-0.15, -0.1) is 0 Å². The van der Waals surface area contributed by atoms with Crippen molar-refractivity contribution < 1.29 is 8.42 Å². The Kier molecular flexibility index (Phi) is 4.14. The second kappa shape index (κ2) is 5.18. The topological polar surface area (TPSA) is 75.4 Å². The minimum atomic E-state index is -3.11. The minimum Gasteiger partial charge on any atom is -0.399 e.